The van der Waals surface area contributed by atoms with Crippen LogP contribution in [-0.4, -0.2) is 29.5 Å². The van der Waals surface area contributed by atoms with Gasteiger partial charge in [-0.1, -0.05) is 6.07 Å². The second kappa shape index (κ2) is 4.99. The summed E-state index contributed by atoms with van der Waals surface area (Å²) in [5, 5.41) is 0. The van der Waals surface area contributed by atoms with E-state index in [9.17, 15) is 4.79 Å². The highest BCUT2D eigenvalue weighted by Crippen LogP contribution is 2.49. The van der Waals surface area contributed by atoms with Crippen molar-refractivity contribution in [3.05, 3.63) is 28.8 Å². The third kappa shape index (κ3) is 2.09. The molecule has 2 aliphatic heterocycles. The van der Waals surface area contributed by atoms with Crippen molar-refractivity contribution in [1.82, 2.24) is 4.42 Å². The first-order valence-electron chi connectivity index (χ1n) is 7.73. The van der Waals surface area contributed by atoms with Gasteiger partial charge in [0, 0.05) is 24.8 Å². The van der Waals surface area contributed by atoms with Crippen molar-refractivity contribution in [2.24, 2.45) is 0 Å². The van der Waals surface area contributed by atoms with Crippen LogP contribution in [0.2, 0.25) is 0 Å². The number of amides is 1. The molecule has 4 heteroatoms. The van der Waals surface area contributed by atoms with E-state index in [1.807, 2.05) is 4.90 Å². The van der Waals surface area contributed by atoms with Crippen LogP contribution >= 0.6 is 11.8 Å². The van der Waals surface area contributed by atoms with Crippen molar-refractivity contribution in [3.8, 4) is 0 Å². The molecule has 0 radical (unpaired) electrons. The molecule has 1 amide bonds. The van der Waals surface area contributed by atoms with Gasteiger partial charge in [0.25, 0.3) is 0 Å². The molecule has 1 aromatic carbocycles. The highest BCUT2D eigenvalue weighted by Gasteiger charge is 2.52. The third-order valence-electron chi connectivity index (χ3n) is 5.09. The van der Waals surface area contributed by atoms with E-state index in [1.165, 1.54) is 16.7 Å². The molecule has 0 unspecified atom stereocenters. The predicted molar refractivity (Wildman–Crippen MR) is 86.9 cm³/mol. The minimum Gasteiger partial charge on any atom is -0.309 e. The predicted octanol–water partition coefficient (Wildman–Crippen LogP) is 3.55. The molecular formula is C17H23ClN2O. The maximum absolute atomic E-state index is 13.2. The van der Waals surface area contributed by atoms with E-state index >= 15 is 0 Å². The van der Waals surface area contributed by atoms with E-state index in [4.69, 9.17) is 11.8 Å². The summed E-state index contributed by atoms with van der Waals surface area (Å²) in [5.74, 6) is 0.266. The van der Waals surface area contributed by atoms with Crippen LogP contribution in [-0.2, 0) is 10.2 Å². The lowest BCUT2D eigenvalue weighted by Crippen LogP contribution is -2.48. The maximum atomic E-state index is 13.2. The van der Waals surface area contributed by atoms with Crippen molar-refractivity contribution in [2.45, 2.75) is 52.0 Å². The monoisotopic (exact) mass is 306 g/mol. The number of carbonyl (C=O) groups excluding carboxylic acids is 1. The van der Waals surface area contributed by atoms with Crippen LogP contribution in [0.25, 0.3) is 0 Å². The first kappa shape index (κ1) is 14.9. The Morgan fingerprint density at radius 2 is 1.71 bits per heavy atom. The van der Waals surface area contributed by atoms with Gasteiger partial charge < -0.3 is 4.90 Å². The van der Waals surface area contributed by atoms with Gasteiger partial charge in [0.05, 0.1) is 5.41 Å². The number of aryl methyl sites for hydroxylation is 2. The lowest BCUT2D eigenvalue weighted by Gasteiger charge is -2.36. The van der Waals surface area contributed by atoms with E-state index in [2.05, 4.69) is 39.8 Å². The van der Waals surface area contributed by atoms with Gasteiger partial charge in [-0.2, -0.15) is 0 Å². The fourth-order valence-corrected chi connectivity index (χ4v) is 3.86. The van der Waals surface area contributed by atoms with Gasteiger partial charge in [-0.25, -0.2) is 4.42 Å². The normalized spacial score (nSPS) is 21.4. The summed E-state index contributed by atoms with van der Waals surface area (Å²) in [4.78, 5) is 15.2. The Bertz CT molecular complexity index is 589. The SMILES string of the molecule is Cc1cc2c(cc1C)C1(CCN(Cl)CC1)C(=O)N2C(C)C. The number of fused-ring (bicyclic) bond motifs is 2. The molecule has 1 fully saturated rings. The Morgan fingerprint density at radius 3 is 2.29 bits per heavy atom. The van der Waals surface area contributed by atoms with Crippen LogP contribution in [0.15, 0.2) is 12.1 Å². The summed E-state index contributed by atoms with van der Waals surface area (Å²) in [6.07, 6.45) is 1.63. The molecular weight excluding hydrogens is 284 g/mol. The van der Waals surface area contributed by atoms with Gasteiger partial charge in [-0.05, 0) is 75.1 Å². The van der Waals surface area contributed by atoms with Crippen LogP contribution in [0.1, 0.15) is 43.4 Å². The molecule has 3 nitrogen and oxygen atoms in total. The molecule has 0 N–H and O–H groups in total. The Morgan fingerprint density at radius 1 is 1.14 bits per heavy atom. The molecule has 2 heterocycles. The number of rotatable bonds is 1. The number of nitrogens with zero attached hydrogens (tertiary/aromatic N) is 2. The van der Waals surface area contributed by atoms with E-state index in [0.717, 1.165) is 31.6 Å². The third-order valence-corrected chi connectivity index (χ3v) is 5.43. The highest BCUT2D eigenvalue weighted by atomic mass is 35.5. The Hall–Kier alpha value is -1.06. The van der Waals surface area contributed by atoms with E-state index in [-0.39, 0.29) is 17.4 Å². The number of anilines is 1. The molecule has 0 aliphatic carbocycles. The van der Waals surface area contributed by atoms with Gasteiger partial charge >= 0.3 is 0 Å². The van der Waals surface area contributed by atoms with Gasteiger partial charge in [0.2, 0.25) is 5.91 Å². The molecule has 0 aromatic heterocycles. The summed E-state index contributed by atoms with van der Waals surface area (Å²) in [6, 6.07) is 4.60. The fraction of sp³-hybridized carbons (Fsp3) is 0.588. The molecule has 1 spiro atoms. The smallest absolute Gasteiger partial charge is 0.238 e. The lowest BCUT2D eigenvalue weighted by atomic mass is 9.73. The molecule has 2 aliphatic rings. The topological polar surface area (TPSA) is 23.6 Å². The Balaban J connectivity index is 2.16. The molecule has 21 heavy (non-hydrogen) atoms. The fourth-order valence-electron chi connectivity index (χ4n) is 3.70. The second-order valence-electron chi connectivity index (χ2n) is 6.71. The molecule has 0 bridgehead atoms. The second-order valence-corrected chi connectivity index (χ2v) is 7.19. The standard InChI is InChI=1S/C17H23ClN2O/c1-11(2)20-15-10-13(4)12(3)9-14(15)17(16(20)21)5-7-19(18)8-6-17/h9-11H,5-8H2,1-4H3. The van der Waals surface area contributed by atoms with Crippen LogP contribution in [0.5, 0.6) is 0 Å². The van der Waals surface area contributed by atoms with Crippen LogP contribution in [0, 0.1) is 13.8 Å². The summed E-state index contributed by atoms with van der Waals surface area (Å²) in [7, 11) is 0. The van der Waals surface area contributed by atoms with E-state index < -0.39 is 0 Å². The summed E-state index contributed by atoms with van der Waals surface area (Å²) in [5.41, 5.74) is 4.48. The Kier molecular flexibility index (Phi) is 3.53. The summed E-state index contributed by atoms with van der Waals surface area (Å²) in [6.45, 7) is 9.96. The molecule has 1 aromatic rings. The van der Waals surface area contributed by atoms with E-state index in [0.29, 0.717) is 0 Å². The largest absolute Gasteiger partial charge is 0.309 e. The molecule has 3 rings (SSSR count). The maximum Gasteiger partial charge on any atom is 0.238 e. The summed E-state index contributed by atoms with van der Waals surface area (Å²) < 4.78 is 1.80. The zero-order valence-corrected chi connectivity index (χ0v) is 14.0. The summed E-state index contributed by atoms with van der Waals surface area (Å²) >= 11 is 6.12. The number of halogens is 1. The van der Waals surface area contributed by atoms with Crippen molar-refractivity contribution in [2.75, 3.05) is 18.0 Å². The van der Waals surface area contributed by atoms with Crippen molar-refractivity contribution < 1.29 is 4.79 Å². The van der Waals surface area contributed by atoms with Gasteiger partial charge in [0.1, 0.15) is 0 Å². The number of piperidine rings is 1. The molecule has 1 saturated heterocycles. The lowest BCUT2D eigenvalue weighted by molar-refractivity contribution is -0.124. The number of benzene rings is 1. The van der Waals surface area contributed by atoms with Crippen molar-refractivity contribution >= 4 is 23.4 Å². The quantitative estimate of drug-likeness (QED) is 0.741. The molecule has 114 valence electrons. The number of hydrogen-bond donors (Lipinski definition) is 0. The van der Waals surface area contributed by atoms with Crippen molar-refractivity contribution in [1.29, 1.82) is 0 Å². The average Bonchev–Trinajstić information content (AvgIpc) is 2.64. The minimum absolute atomic E-state index is 0.187. The van der Waals surface area contributed by atoms with Crippen LogP contribution < -0.4 is 4.90 Å². The van der Waals surface area contributed by atoms with Crippen LogP contribution in [0.3, 0.4) is 0 Å². The number of hydrogen-bond acceptors (Lipinski definition) is 2. The first-order valence-corrected chi connectivity index (χ1v) is 8.07. The molecule has 0 atom stereocenters. The van der Waals surface area contributed by atoms with Gasteiger partial charge in [-0.15, -0.1) is 0 Å². The first-order chi connectivity index (χ1) is 9.86. The minimum atomic E-state index is -0.358. The zero-order chi connectivity index (χ0) is 15.4. The molecule has 0 saturated carbocycles. The van der Waals surface area contributed by atoms with Crippen molar-refractivity contribution in [3.63, 3.8) is 0 Å². The zero-order valence-electron chi connectivity index (χ0n) is 13.2. The van der Waals surface area contributed by atoms with Gasteiger partial charge in [0.15, 0.2) is 0 Å². The van der Waals surface area contributed by atoms with Gasteiger partial charge in [-0.3, -0.25) is 4.79 Å². The highest BCUT2D eigenvalue weighted by molar-refractivity contribution is 6.14. The van der Waals surface area contributed by atoms with Crippen LogP contribution in [0.4, 0.5) is 5.69 Å². The number of carbonyl (C=O) groups is 1. The average molecular weight is 307 g/mol. The van der Waals surface area contributed by atoms with E-state index in [1.54, 1.807) is 4.42 Å². The Labute approximate surface area is 132 Å².